The van der Waals surface area contributed by atoms with Gasteiger partial charge in [-0.05, 0) is 24.0 Å². The molecular formula is C22H26N2O2+2. The molecule has 134 valence electrons. The van der Waals surface area contributed by atoms with Crippen molar-refractivity contribution >= 4 is 0 Å². The van der Waals surface area contributed by atoms with Gasteiger partial charge in [0.25, 0.3) is 0 Å². The van der Waals surface area contributed by atoms with Gasteiger partial charge in [0.2, 0.25) is 0 Å². The van der Waals surface area contributed by atoms with Crippen LogP contribution in [0.25, 0.3) is 0 Å². The van der Waals surface area contributed by atoms with E-state index in [1.807, 2.05) is 73.3 Å². The fourth-order valence-electron chi connectivity index (χ4n) is 3.14. The second-order valence-corrected chi connectivity index (χ2v) is 6.51. The maximum absolute atomic E-state index is 10.3. The number of pyridine rings is 2. The number of aromatic nitrogens is 2. The van der Waals surface area contributed by atoms with Gasteiger partial charge in [-0.25, -0.2) is 9.13 Å². The van der Waals surface area contributed by atoms with E-state index in [1.54, 1.807) is 0 Å². The van der Waals surface area contributed by atoms with Crippen LogP contribution in [0.3, 0.4) is 0 Å². The van der Waals surface area contributed by atoms with Crippen LogP contribution in [0, 0.1) is 0 Å². The largest absolute Gasteiger partial charge is 0.504 e. The first kappa shape index (κ1) is 17.9. The predicted molar refractivity (Wildman–Crippen MR) is 99.7 cm³/mol. The van der Waals surface area contributed by atoms with E-state index >= 15 is 0 Å². The zero-order chi connectivity index (χ0) is 18.2. The molecule has 0 amide bonds. The fraction of sp³-hybridized carbons (Fsp3) is 0.273. The maximum atomic E-state index is 10.3. The molecule has 1 aromatic carbocycles. The van der Waals surface area contributed by atoms with Gasteiger partial charge >= 0.3 is 0 Å². The first-order chi connectivity index (χ1) is 12.7. The monoisotopic (exact) mass is 350 g/mol. The van der Waals surface area contributed by atoms with Crippen LogP contribution >= 0.6 is 0 Å². The zero-order valence-electron chi connectivity index (χ0n) is 15.0. The Morgan fingerprint density at radius 3 is 1.35 bits per heavy atom. The molecule has 0 aliphatic heterocycles. The summed E-state index contributed by atoms with van der Waals surface area (Å²) in [5, 5.41) is 20.7. The summed E-state index contributed by atoms with van der Waals surface area (Å²) in [5.41, 5.74) is 1.61. The number of hydrogen-bond acceptors (Lipinski definition) is 2. The van der Waals surface area contributed by atoms with Crippen LogP contribution in [0.1, 0.15) is 24.0 Å². The van der Waals surface area contributed by atoms with Crippen molar-refractivity contribution in [2.24, 2.45) is 0 Å². The molecule has 4 heteroatoms. The highest BCUT2D eigenvalue weighted by atomic mass is 16.3. The van der Waals surface area contributed by atoms with Gasteiger partial charge in [0, 0.05) is 37.1 Å². The molecule has 3 aromatic rings. The molecule has 0 bridgehead atoms. The number of benzene rings is 1. The Labute approximate surface area is 154 Å². The topological polar surface area (TPSA) is 48.2 Å². The van der Waals surface area contributed by atoms with Crippen molar-refractivity contribution < 1.29 is 19.3 Å². The van der Waals surface area contributed by atoms with Crippen molar-refractivity contribution in [3.63, 3.8) is 0 Å². The smallest absolute Gasteiger partial charge is 0.168 e. The Morgan fingerprint density at radius 2 is 0.962 bits per heavy atom. The third-order valence-electron chi connectivity index (χ3n) is 4.60. The molecule has 26 heavy (non-hydrogen) atoms. The molecule has 2 N–H and O–H groups in total. The van der Waals surface area contributed by atoms with Crippen LogP contribution in [0.5, 0.6) is 11.5 Å². The zero-order valence-corrected chi connectivity index (χ0v) is 15.0. The molecule has 0 radical (unpaired) electrons. The number of phenolic OH excluding ortho intramolecular Hbond substituents is 2. The van der Waals surface area contributed by atoms with E-state index < -0.39 is 0 Å². The molecule has 0 fully saturated rings. The molecule has 0 unspecified atom stereocenters. The van der Waals surface area contributed by atoms with Crippen molar-refractivity contribution in [2.45, 2.75) is 38.8 Å². The normalized spacial score (nSPS) is 10.8. The summed E-state index contributed by atoms with van der Waals surface area (Å²) in [5.74, 6) is 0.0702. The first-order valence-corrected chi connectivity index (χ1v) is 9.15. The maximum Gasteiger partial charge on any atom is 0.168 e. The minimum Gasteiger partial charge on any atom is -0.504 e. The lowest BCUT2D eigenvalue weighted by molar-refractivity contribution is -0.697. The summed E-state index contributed by atoms with van der Waals surface area (Å²) in [7, 11) is 0. The molecule has 0 saturated heterocycles. The molecule has 0 atom stereocenters. The average Bonchev–Trinajstić information content (AvgIpc) is 2.68. The van der Waals surface area contributed by atoms with E-state index in [2.05, 4.69) is 9.13 Å². The molecular weight excluding hydrogens is 324 g/mol. The summed E-state index contributed by atoms with van der Waals surface area (Å²) >= 11 is 0. The van der Waals surface area contributed by atoms with Crippen LogP contribution in [0.4, 0.5) is 0 Å². The van der Waals surface area contributed by atoms with Crippen molar-refractivity contribution in [1.29, 1.82) is 0 Å². The average molecular weight is 350 g/mol. The lowest BCUT2D eigenvalue weighted by Crippen LogP contribution is -2.32. The number of aryl methyl sites for hydroxylation is 4. The molecule has 0 spiro atoms. The highest BCUT2D eigenvalue weighted by Gasteiger charge is 2.13. The first-order valence-electron chi connectivity index (χ1n) is 9.15. The van der Waals surface area contributed by atoms with Gasteiger partial charge in [-0.2, -0.15) is 0 Å². The molecule has 0 saturated carbocycles. The minimum atomic E-state index is 0.0351. The number of nitrogens with zero attached hydrogens (tertiary/aromatic N) is 2. The highest BCUT2D eigenvalue weighted by molar-refractivity contribution is 5.50. The van der Waals surface area contributed by atoms with E-state index in [1.165, 1.54) is 0 Å². The van der Waals surface area contributed by atoms with Gasteiger partial charge in [0.05, 0.1) is 0 Å². The lowest BCUT2D eigenvalue weighted by atomic mass is 10.0. The second kappa shape index (κ2) is 8.99. The second-order valence-electron chi connectivity index (χ2n) is 6.51. The standard InChI is InChI=1S/C22H24N2O2/c25-21-19(9-7-17-23-13-3-1-4-14-23)11-12-20(22(21)26)10-8-18-24-15-5-2-6-16-24/h1-6,11-16H,7-10,17-18H2/p+2. The quantitative estimate of drug-likeness (QED) is 0.485. The minimum absolute atomic E-state index is 0.0351. The third kappa shape index (κ3) is 4.82. The van der Waals surface area contributed by atoms with Gasteiger partial charge in [-0.15, -0.1) is 0 Å². The van der Waals surface area contributed by atoms with Crippen LogP contribution in [0.15, 0.2) is 73.3 Å². The summed E-state index contributed by atoms with van der Waals surface area (Å²) in [4.78, 5) is 0. The van der Waals surface area contributed by atoms with Crippen molar-refractivity contribution in [3.05, 3.63) is 84.4 Å². The summed E-state index contributed by atoms with van der Waals surface area (Å²) < 4.78 is 4.24. The number of rotatable bonds is 8. The summed E-state index contributed by atoms with van der Waals surface area (Å²) in [6.45, 7) is 1.77. The Bertz CT molecular complexity index is 750. The predicted octanol–water partition coefficient (Wildman–Crippen LogP) is 2.94. The SMILES string of the molecule is Oc1c(CCC[n+]2ccccc2)ccc(CCC[n+]2ccccc2)c1O. The molecule has 2 heterocycles. The molecule has 0 aliphatic carbocycles. The molecule has 0 aliphatic rings. The Balaban J connectivity index is 1.54. The van der Waals surface area contributed by atoms with E-state index in [-0.39, 0.29) is 11.5 Å². The van der Waals surface area contributed by atoms with Crippen molar-refractivity contribution in [2.75, 3.05) is 0 Å². The fourth-order valence-corrected chi connectivity index (χ4v) is 3.14. The molecule has 3 rings (SSSR count). The number of aromatic hydroxyl groups is 2. The van der Waals surface area contributed by atoms with Crippen LogP contribution in [-0.4, -0.2) is 10.2 Å². The summed E-state index contributed by atoms with van der Waals surface area (Å²) in [6, 6.07) is 15.9. The van der Waals surface area contributed by atoms with Crippen LogP contribution < -0.4 is 9.13 Å². The molecule has 4 nitrogen and oxygen atoms in total. The van der Waals surface area contributed by atoms with E-state index in [4.69, 9.17) is 0 Å². The van der Waals surface area contributed by atoms with Crippen LogP contribution in [0.2, 0.25) is 0 Å². The van der Waals surface area contributed by atoms with E-state index in [0.29, 0.717) is 0 Å². The highest BCUT2D eigenvalue weighted by Crippen LogP contribution is 2.34. The Hall–Kier alpha value is -2.88. The van der Waals surface area contributed by atoms with Gasteiger partial charge in [0.1, 0.15) is 13.1 Å². The van der Waals surface area contributed by atoms with E-state index in [9.17, 15) is 10.2 Å². The molecule has 2 aromatic heterocycles. The number of hydrogen-bond donors (Lipinski definition) is 2. The van der Waals surface area contributed by atoms with Gasteiger partial charge < -0.3 is 10.2 Å². The van der Waals surface area contributed by atoms with Crippen molar-refractivity contribution in [1.82, 2.24) is 0 Å². The Kier molecular flexibility index (Phi) is 6.20. The van der Waals surface area contributed by atoms with Gasteiger partial charge in [-0.1, -0.05) is 24.3 Å². The third-order valence-corrected chi connectivity index (χ3v) is 4.60. The van der Waals surface area contributed by atoms with Gasteiger partial charge in [-0.3, -0.25) is 0 Å². The van der Waals surface area contributed by atoms with Crippen LogP contribution in [-0.2, 0) is 25.9 Å². The Morgan fingerprint density at radius 1 is 0.577 bits per heavy atom. The van der Waals surface area contributed by atoms with E-state index in [0.717, 1.165) is 49.9 Å². The van der Waals surface area contributed by atoms with Crippen molar-refractivity contribution in [3.8, 4) is 11.5 Å². The van der Waals surface area contributed by atoms with Gasteiger partial charge in [0.15, 0.2) is 36.3 Å². The lowest BCUT2D eigenvalue weighted by Gasteiger charge is -2.10. The number of phenols is 2. The summed E-state index contributed by atoms with van der Waals surface area (Å²) in [6.07, 6.45) is 11.4.